The molecule has 1 aromatic heterocycles. The maximum atomic E-state index is 13.5. The molecule has 0 fully saturated rings. The van der Waals surface area contributed by atoms with E-state index in [1.807, 2.05) is 0 Å². The van der Waals surface area contributed by atoms with E-state index in [-0.39, 0.29) is 33.1 Å². The Labute approximate surface area is 274 Å². The molecule has 3 aromatic rings. The van der Waals surface area contributed by atoms with Crippen LogP contribution in [0.2, 0.25) is 0 Å². The first-order valence-corrected chi connectivity index (χ1v) is 17.6. The van der Waals surface area contributed by atoms with Gasteiger partial charge in [0.1, 0.15) is 17.2 Å². The Morgan fingerprint density at radius 3 is 2.15 bits per heavy atom. The van der Waals surface area contributed by atoms with Crippen LogP contribution in [0.25, 0.3) is 11.8 Å². The predicted octanol–water partition coefficient (Wildman–Crippen LogP) is 1.56. The maximum Gasteiger partial charge on any atom is 0.296 e. The summed E-state index contributed by atoms with van der Waals surface area (Å²) in [5.74, 6) is -1.05. The van der Waals surface area contributed by atoms with Crippen molar-refractivity contribution in [3.8, 4) is 5.69 Å². The third kappa shape index (κ3) is 7.97. The van der Waals surface area contributed by atoms with E-state index >= 15 is 0 Å². The zero-order chi connectivity index (χ0) is 35.6. The van der Waals surface area contributed by atoms with Gasteiger partial charge in [-0.2, -0.15) is 35.4 Å². The summed E-state index contributed by atoms with van der Waals surface area (Å²) in [5.41, 5.74) is -1.90. The summed E-state index contributed by atoms with van der Waals surface area (Å²) in [6.45, 7) is 0.968. The topological polar surface area (TPSA) is 291 Å². The molecule has 0 radical (unpaired) electrons. The minimum atomic E-state index is -5.06. The number of nitrogens with one attached hydrogen (secondary N) is 1. The number of aryl methyl sites for hydroxylation is 1. The monoisotopic (exact) mass is 750 g/mol. The molecule has 5 N–H and O–H groups in total. The predicted molar refractivity (Wildman–Crippen MR) is 163 cm³/mol. The SMILES string of the molecule is COOCC1=NN(c2cc(S(=O)(=O)O)ccc2S(=O)(=O)O)C(=O)/C1=C\C=C\c1c(C)[nH]n(-c2cc(S(=O)(=O)O)ccc2SOOO)c1=O. The highest BCUT2D eigenvalue weighted by atomic mass is 32.2. The van der Waals surface area contributed by atoms with E-state index in [0.717, 1.165) is 36.1 Å². The molecule has 0 bridgehead atoms. The van der Waals surface area contributed by atoms with Crippen LogP contribution in [0.1, 0.15) is 11.3 Å². The maximum absolute atomic E-state index is 13.5. The lowest BCUT2D eigenvalue weighted by Crippen LogP contribution is -2.24. The van der Waals surface area contributed by atoms with Crippen molar-refractivity contribution in [3.05, 3.63) is 75.7 Å². The van der Waals surface area contributed by atoms with E-state index in [2.05, 4.69) is 24.5 Å². The molecule has 0 aliphatic carbocycles. The molecule has 48 heavy (non-hydrogen) atoms. The lowest BCUT2D eigenvalue weighted by atomic mass is 10.1. The van der Waals surface area contributed by atoms with Gasteiger partial charge in [0.15, 0.2) is 0 Å². The Balaban J connectivity index is 1.78. The molecule has 2 heterocycles. The number of aromatic nitrogens is 2. The number of allylic oxidation sites excluding steroid dienone is 2. The van der Waals surface area contributed by atoms with Gasteiger partial charge in [0.2, 0.25) is 0 Å². The molecule has 1 aliphatic rings. The van der Waals surface area contributed by atoms with Gasteiger partial charge in [-0.15, -0.1) is 4.33 Å². The highest BCUT2D eigenvalue weighted by Gasteiger charge is 2.35. The summed E-state index contributed by atoms with van der Waals surface area (Å²) in [7, 11) is -13.5. The van der Waals surface area contributed by atoms with Crippen molar-refractivity contribution in [2.45, 2.75) is 26.5 Å². The Morgan fingerprint density at radius 1 is 0.938 bits per heavy atom. The molecule has 0 atom stereocenters. The Hall–Kier alpha value is -4.05. The van der Waals surface area contributed by atoms with Gasteiger partial charge in [-0.3, -0.25) is 28.3 Å². The molecule has 24 heteroatoms. The van der Waals surface area contributed by atoms with Crippen LogP contribution in [0.3, 0.4) is 0 Å². The van der Waals surface area contributed by atoms with E-state index in [4.69, 9.17) is 10.1 Å². The molecule has 1 amide bonds. The van der Waals surface area contributed by atoms with Crippen LogP contribution in [0.15, 0.2) is 83.6 Å². The number of carbonyl (C=O) groups is 1. The molecule has 0 saturated carbocycles. The summed E-state index contributed by atoms with van der Waals surface area (Å²) in [6.07, 6.45) is 3.59. The van der Waals surface area contributed by atoms with Crippen molar-refractivity contribution in [2.75, 3.05) is 18.7 Å². The molecule has 2 aromatic carbocycles. The first-order valence-electron chi connectivity index (χ1n) is 12.5. The van der Waals surface area contributed by atoms with Gasteiger partial charge in [-0.25, -0.2) is 19.7 Å². The first kappa shape index (κ1) is 36.8. The number of anilines is 1. The molecular formula is C24H22N4O16S4. The van der Waals surface area contributed by atoms with Crippen molar-refractivity contribution >= 4 is 65.8 Å². The van der Waals surface area contributed by atoms with Crippen molar-refractivity contribution in [1.82, 2.24) is 9.78 Å². The molecule has 0 saturated heterocycles. The summed E-state index contributed by atoms with van der Waals surface area (Å²) >= 11 is 0.396. The number of H-pyrrole nitrogens is 1. The van der Waals surface area contributed by atoms with Gasteiger partial charge in [-0.1, -0.05) is 11.1 Å². The second-order valence-corrected chi connectivity index (χ2v) is 14.2. The number of hydrogen-bond acceptors (Lipinski definition) is 15. The number of nitrogens with zero attached hydrogens (tertiary/aromatic N) is 3. The first-order chi connectivity index (χ1) is 22.4. The summed E-state index contributed by atoms with van der Waals surface area (Å²) in [6, 6.07) is 5.02. The number of amides is 1. The second kappa shape index (κ2) is 14.2. The van der Waals surface area contributed by atoms with Crippen LogP contribution in [0.4, 0.5) is 5.69 Å². The van der Waals surface area contributed by atoms with Gasteiger partial charge in [0.05, 0.1) is 56.4 Å². The van der Waals surface area contributed by atoms with E-state index in [1.54, 1.807) is 0 Å². The van der Waals surface area contributed by atoms with E-state index < -0.39 is 68.8 Å². The number of rotatable bonds is 13. The van der Waals surface area contributed by atoms with Crippen LogP contribution in [-0.2, 0) is 54.3 Å². The van der Waals surface area contributed by atoms with Gasteiger partial charge in [0, 0.05) is 5.69 Å². The molecule has 0 unspecified atom stereocenters. The minimum absolute atomic E-state index is 0.0252. The number of hydrazone groups is 1. The largest absolute Gasteiger partial charge is 0.296 e. The van der Waals surface area contributed by atoms with Crippen molar-refractivity contribution in [2.24, 2.45) is 5.10 Å². The number of aromatic amines is 1. The third-order valence-corrected chi connectivity index (χ3v) is 9.52. The molecule has 4 rings (SSSR count). The Morgan fingerprint density at radius 2 is 1.56 bits per heavy atom. The van der Waals surface area contributed by atoms with Crippen LogP contribution in [0, 0.1) is 6.92 Å². The van der Waals surface area contributed by atoms with Crippen LogP contribution in [0.5, 0.6) is 0 Å². The van der Waals surface area contributed by atoms with Crippen molar-refractivity contribution in [3.63, 3.8) is 0 Å². The molecule has 0 spiro atoms. The lowest BCUT2D eigenvalue weighted by Gasteiger charge is -2.15. The summed E-state index contributed by atoms with van der Waals surface area (Å²) in [4.78, 5) is 34.0. The van der Waals surface area contributed by atoms with Gasteiger partial charge in [-0.05, 0) is 55.5 Å². The fourth-order valence-electron chi connectivity index (χ4n) is 4.17. The Kier molecular flexibility index (Phi) is 10.9. The van der Waals surface area contributed by atoms with Crippen molar-refractivity contribution in [1.29, 1.82) is 0 Å². The smallest absolute Gasteiger partial charge is 0.295 e. The third-order valence-electron chi connectivity index (χ3n) is 6.27. The van der Waals surface area contributed by atoms with E-state index in [1.165, 1.54) is 19.1 Å². The number of hydrogen-bond donors (Lipinski definition) is 5. The quantitative estimate of drug-likeness (QED) is 0.0544. The zero-order valence-electron chi connectivity index (χ0n) is 24.1. The van der Waals surface area contributed by atoms with E-state index in [0.29, 0.717) is 35.3 Å². The second-order valence-electron chi connectivity index (χ2n) is 9.23. The van der Waals surface area contributed by atoms with Gasteiger partial charge >= 0.3 is 0 Å². The number of carbonyl (C=O) groups excluding carboxylic acids is 1. The highest BCUT2D eigenvalue weighted by molar-refractivity contribution is 7.94. The highest BCUT2D eigenvalue weighted by Crippen LogP contribution is 2.33. The summed E-state index contributed by atoms with van der Waals surface area (Å²) < 4.78 is 105. The molecule has 20 nitrogen and oxygen atoms in total. The summed E-state index contributed by atoms with van der Waals surface area (Å²) in [5, 5.41) is 19.2. The van der Waals surface area contributed by atoms with Gasteiger partial charge < -0.3 is 0 Å². The van der Waals surface area contributed by atoms with E-state index in [9.17, 15) is 48.5 Å². The minimum Gasteiger partial charge on any atom is -0.295 e. The fraction of sp³-hybridized carbons (Fsp3) is 0.125. The van der Waals surface area contributed by atoms with Crippen LogP contribution in [-0.4, -0.2) is 79.3 Å². The molecule has 1 aliphatic heterocycles. The Bertz CT molecular complexity index is 2260. The molecule has 258 valence electrons. The normalized spacial score (nSPS) is 15.2. The zero-order valence-corrected chi connectivity index (χ0v) is 27.3. The standard InChI is InChI=1S/C24H22N4O16S4/c1-13-16(23(29)27(25-13)19-10-14(46(32,33)34)6-8-21(19)45-44-43-31)4-3-5-17-18(12-42-41-2)26-28(24(17)30)20-11-15(47(35,36)37)7-9-22(20)48(38,39)40/h3-11,25,31H,12H2,1-2H3,(H,32,33,34)(H,35,36,37)(H,38,39,40)/b4-3+,17-5-. The average Bonchev–Trinajstić information content (AvgIpc) is 3.47. The van der Waals surface area contributed by atoms with Crippen LogP contribution < -0.4 is 10.6 Å². The number of benzene rings is 2. The van der Waals surface area contributed by atoms with Gasteiger partial charge in [0.25, 0.3) is 41.8 Å². The molecular weight excluding hydrogens is 729 g/mol. The fourth-order valence-corrected chi connectivity index (χ4v) is 6.29. The lowest BCUT2D eigenvalue weighted by molar-refractivity contribution is -0.432. The average molecular weight is 751 g/mol. The van der Waals surface area contributed by atoms with Crippen LogP contribution >= 0.6 is 12.0 Å². The van der Waals surface area contributed by atoms with Crippen molar-refractivity contribution < 1.29 is 68.1 Å².